The molecule has 0 aliphatic heterocycles. The van der Waals surface area contributed by atoms with Crippen LogP contribution in [0.1, 0.15) is 77.5 Å². The van der Waals surface area contributed by atoms with Gasteiger partial charge in [-0.15, -0.1) is 0 Å². The van der Waals surface area contributed by atoms with Crippen molar-refractivity contribution in [2.45, 2.75) is 91.0 Å². The number of carbonyl (C=O) groups is 4. The zero-order valence-electron chi connectivity index (χ0n) is 22.5. The van der Waals surface area contributed by atoms with Crippen LogP contribution in [0.4, 0.5) is 4.79 Å². The largest absolute Gasteiger partial charge is 0.508 e. The molecule has 1 aromatic rings. The monoisotopic (exact) mass is 517 g/mol. The van der Waals surface area contributed by atoms with Crippen LogP contribution in [0.2, 0.25) is 0 Å². The molecule has 11 nitrogen and oxygen atoms in total. The number of carbonyl (C=O) groups excluding carboxylic acids is 4. The van der Waals surface area contributed by atoms with Gasteiger partial charge in [-0.05, 0) is 70.7 Å². The number of phenols is 1. The van der Waals surface area contributed by atoms with Crippen LogP contribution in [0.3, 0.4) is 0 Å². The first-order valence-electron chi connectivity index (χ1n) is 12.2. The number of nitriles is 1. The molecule has 0 radical (unpaired) electrons. The van der Waals surface area contributed by atoms with Crippen LogP contribution < -0.4 is 16.4 Å². The highest BCUT2D eigenvalue weighted by Crippen LogP contribution is 2.27. The Morgan fingerprint density at radius 1 is 1.19 bits per heavy atom. The summed E-state index contributed by atoms with van der Waals surface area (Å²) >= 11 is 0. The maximum absolute atomic E-state index is 13.8. The van der Waals surface area contributed by atoms with Gasteiger partial charge in [0, 0.05) is 12.5 Å². The Hall–Kier alpha value is -3.81. The Morgan fingerprint density at radius 3 is 2.35 bits per heavy atom. The molecule has 0 aromatic heterocycles. The first kappa shape index (κ1) is 31.2. The van der Waals surface area contributed by atoms with Crippen LogP contribution in [-0.4, -0.2) is 58.1 Å². The van der Waals surface area contributed by atoms with E-state index < -0.39 is 48.0 Å². The molecule has 204 valence electrons. The van der Waals surface area contributed by atoms with Crippen molar-refractivity contribution >= 4 is 23.8 Å². The van der Waals surface area contributed by atoms with E-state index in [4.69, 9.17) is 10.5 Å². The summed E-state index contributed by atoms with van der Waals surface area (Å²) in [5.74, 6) is -1.97. The average molecular weight is 518 g/mol. The molecule has 3 atom stereocenters. The summed E-state index contributed by atoms with van der Waals surface area (Å²) in [5, 5.41) is 24.9. The molecule has 4 amide bonds. The molecule has 0 bridgehead atoms. The van der Waals surface area contributed by atoms with Gasteiger partial charge in [0.15, 0.2) is 0 Å². The molecule has 37 heavy (non-hydrogen) atoms. The molecular formula is C26H39N5O6. The van der Waals surface area contributed by atoms with E-state index in [0.717, 1.165) is 11.3 Å². The summed E-state index contributed by atoms with van der Waals surface area (Å²) in [6.07, 6.45) is 0.228. The maximum Gasteiger partial charge on any atom is 0.408 e. The lowest BCUT2D eigenvalue weighted by Crippen LogP contribution is -2.54. The van der Waals surface area contributed by atoms with Gasteiger partial charge >= 0.3 is 6.09 Å². The van der Waals surface area contributed by atoms with Gasteiger partial charge in [-0.2, -0.15) is 5.26 Å². The Kier molecular flexibility index (Phi) is 11.9. The smallest absolute Gasteiger partial charge is 0.408 e. The van der Waals surface area contributed by atoms with E-state index in [2.05, 4.69) is 10.6 Å². The van der Waals surface area contributed by atoms with E-state index in [9.17, 15) is 29.5 Å². The summed E-state index contributed by atoms with van der Waals surface area (Å²) in [6.45, 7) is 9.92. The van der Waals surface area contributed by atoms with Crippen LogP contribution in [0.5, 0.6) is 5.75 Å². The van der Waals surface area contributed by atoms with Crippen molar-refractivity contribution in [3.8, 4) is 11.8 Å². The number of benzene rings is 1. The van der Waals surface area contributed by atoms with E-state index in [1.54, 1.807) is 33.8 Å². The van der Waals surface area contributed by atoms with Crippen molar-refractivity contribution in [2.24, 2.45) is 5.73 Å². The van der Waals surface area contributed by atoms with Crippen molar-refractivity contribution in [1.82, 2.24) is 15.5 Å². The predicted octanol–water partition coefficient (Wildman–Crippen LogP) is 2.56. The quantitative estimate of drug-likeness (QED) is 0.308. The highest BCUT2D eigenvalue weighted by Gasteiger charge is 2.37. The minimum atomic E-state index is -1.29. The average Bonchev–Trinajstić information content (AvgIpc) is 2.76. The van der Waals surface area contributed by atoms with Gasteiger partial charge in [0.05, 0.1) is 6.07 Å². The number of nitrogens with zero attached hydrogens (tertiary/aromatic N) is 2. The summed E-state index contributed by atoms with van der Waals surface area (Å²) < 4.78 is 5.26. The normalized spacial score (nSPS) is 13.4. The van der Waals surface area contributed by atoms with Crippen LogP contribution in [0.15, 0.2) is 18.2 Å². The SMILES string of the molecule is CCCC(C)NC(=O)C(c1ccc(O)c(C)c1)N(CC#N)C(=O)C(CCC(N)=O)NC(=O)OC(C)(C)C. The van der Waals surface area contributed by atoms with Crippen LogP contribution in [0, 0.1) is 18.3 Å². The van der Waals surface area contributed by atoms with Gasteiger partial charge in [0.1, 0.15) is 30.0 Å². The van der Waals surface area contributed by atoms with E-state index in [1.807, 2.05) is 19.9 Å². The zero-order valence-corrected chi connectivity index (χ0v) is 22.5. The third-order valence-electron chi connectivity index (χ3n) is 5.40. The van der Waals surface area contributed by atoms with Crippen molar-refractivity contribution < 1.29 is 29.0 Å². The van der Waals surface area contributed by atoms with E-state index >= 15 is 0 Å². The molecule has 1 aromatic carbocycles. The number of ether oxygens (including phenoxy) is 1. The Morgan fingerprint density at radius 2 is 1.84 bits per heavy atom. The first-order chi connectivity index (χ1) is 17.2. The fourth-order valence-electron chi connectivity index (χ4n) is 3.72. The third-order valence-corrected chi connectivity index (χ3v) is 5.40. The fraction of sp³-hybridized carbons (Fsp3) is 0.577. The number of phenolic OH excluding ortho intramolecular Hbond substituents is 1. The lowest BCUT2D eigenvalue weighted by atomic mass is 9.99. The molecule has 11 heteroatoms. The van der Waals surface area contributed by atoms with Gasteiger partial charge in [-0.25, -0.2) is 4.79 Å². The minimum absolute atomic E-state index is 0.00588. The van der Waals surface area contributed by atoms with Crippen molar-refractivity contribution in [1.29, 1.82) is 5.26 Å². The van der Waals surface area contributed by atoms with E-state index in [0.29, 0.717) is 17.5 Å². The van der Waals surface area contributed by atoms with E-state index in [-0.39, 0.29) is 24.6 Å². The summed E-state index contributed by atoms with van der Waals surface area (Å²) in [7, 11) is 0. The topological polar surface area (TPSA) is 175 Å². The number of amides is 4. The van der Waals surface area contributed by atoms with Gasteiger partial charge < -0.3 is 31.1 Å². The molecule has 3 unspecified atom stereocenters. The maximum atomic E-state index is 13.8. The lowest BCUT2D eigenvalue weighted by molar-refractivity contribution is -0.142. The minimum Gasteiger partial charge on any atom is -0.508 e. The Bertz CT molecular complexity index is 1010. The summed E-state index contributed by atoms with van der Waals surface area (Å²) in [6, 6.07) is 3.62. The number of primary amides is 1. The number of nitrogens with two attached hydrogens (primary N) is 1. The Labute approximate surface area is 218 Å². The molecule has 0 heterocycles. The first-order valence-corrected chi connectivity index (χ1v) is 12.2. The molecule has 0 saturated carbocycles. The van der Waals surface area contributed by atoms with Gasteiger partial charge in [0.2, 0.25) is 17.7 Å². The highest BCUT2D eigenvalue weighted by molar-refractivity contribution is 5.92. The molecular weight excluding hydrogens is 478 g/mol. The van der Waals surface area contributed by atoms with Crippen molar-refractivity contribution in [3.05, 3.63) is 29.3 Å². The summed E-state index contributed by atoms with van der Waals surface area (Å²) in [4.78, 5) is 52.2. The van der Waals surface area contributed by atoms with Gasteiger partial charge in [-0.3, -0.25) is 14.4 Å². The second-order valence-electron chi connectivity index (χ2n) is 9.97. The molecule has 0 spiro atoms. The molecule has 0 fully saturated rings. The Balaban J connectivity index is 3.51. The molecule has 0 aliphatic rings. The number of nitrogens with one attached hydrogen (secondary N) is 2. The van der Waals surface area contributed by atoms with Crippen molar-refractivity contribution in [2.75, 3.05) is 6.54 Å². The number of alkyl carbamates (subject to hydrolysis) is 1. The van der Waals surface area contributed by atoms with Crippen molar-refractivity contribution in [3.63, 3.8) is 0 Å². The third kappa shape index (κ3) is 10.4. The standard InChI is InChI=1S/C26H39N5O6/c1-7-8-17(3)29-23(34)22(18-9-11-20(32)16(2)15-18)31(14-13-27)24(35)19(10-12-21(28)33)30-25(36)37-26(4,5)6/h9,11,15,17,19,22,32H,7-8,10,12,14H2,1-6H3,(H2,28,33)(H,29,34)(H,30,36). The molecule has 5 N–H and O–H groups in total. The fourth-order valence-corrected chi connectivity index (χ4v) is 3.72. The molecule has 0 aliphatic carbocycles. The molecule has 0 saturated heterocycles. The number of aromatic hydroxyl groups is 1. The number of rotatable bonds is 12. The number of hydrogen-bond acceptors (Lipinski definition) is 7. The second kappa shape index (κ2) is 14.1. The highest BCUT2D eigenvalue weighted by atomic mass is 16.6. The molecule has 1 rings (SSSR count). The zero-order chi connectivity index (χ0) is 28.3. The van der Waals surface area contributed by atoms with E-state index in [1.165, 1.54) is 12.1 Å². The van der Waals surface area contributed by atoms with Gasteiger partial charge in [-0.1, -0.05) is 19.4 Å². The number of aryl methyl sites for hydroxylation is 1. The van der Waals surface area contributed by atoms with Crippen LogP contribution in [0.25, 0.3) is 0 Å². The lowest BCUT2D eigenvalue weighted by Gasteiger charge is -2.33. The van der Waals surface area contributed by atoms with Crippen LogP contribution in [-0.2, 0) is 19.1 Å². The van der Waals surface area contributed by atoms with Gasteiger partial charge in [0.25, 0.3) is 0 Å². The predicted molar refractivity (Wildman–Crippen MR) is 137 cm³/mol. The second-order valence-corrected chi connectivity index (χ2v) is 9.97. The number of hydrogen-bond donors (Lipinski definition) is 4. The van der Waals surface area contributed by atoms with Crippen LogP contribution >= 0.6 is 0 Å². The summed E-state index contributed by atoms with van der Waals surface area (Å²) in [5.41, 5.74) is 5.26.